The lowest BCUT2D eigenvalue weighted by Crippen LogP contribution is -2.49. The van der Waals surface area contributed by atoms with Gasteiger partial charge in [0.15, 0.2) is 5.01 Å². The zero-order valence-corrected chi connectivity index (χ0v) is 21.6. The summed E-state index contributed by atoms with van der Waals surface area (Å²) in [5.74, 6) is 0.698. The van der Waals surface area contributed by atoms with Crippen LogP contribution in [-0.2, 0) is 6.54 Å². The number of amides is 2. The fourth-order valence-corrected chi connectivity index (χ4v) is 5.52. The minimum Gasteiger partial charge on any atom is -0.496 e. The number of rotatable bonds is 6. The zero-order chi connectivity index (χ0) is 25.1. The van der Waals surface area contributed by atoms with Crippen LogP contribution < -0.4 is 15.6 Å². The molecule has 1 fully saturated rings. The van der Waals surface area contributed by atoms with Gasteiger partial charge >= 0.3 is 6.03 Å². The first kappa shape index (κ1) is 24.3. The fraction of sp³-hybridized carbons (Fsp3) is 0.280. The highest BCUT2D eigenvalue weighted by molar-refractivity contribution is 7.98. The Kier molecular flexibility index (Phi) is 7.21. The predicted octanol–water partition coefficient (Wildman–Crippen LogP) is 3.90. The van der Waals surface area contributed by atoms with Gasteiger partial charge in [-0.05, 0) is 36.6 Å². The maximum absolute atomic E-state index is 12.8. The molecule has 5 rings (SSSR count). The van der Waals surface area contributed by atoms with Gasteiger partial charge in [0.05, 0.1) is 18.4 Å². The van der Waals surface area contributed by atoms with Gasteiger partial charge in [0.25, 0.3) is 5.56 Å². The first-order chi connectivity index (χ1) is 17.5. The molecule has 0 radical (unpaired) electrons. The normalized spacial score (nSPS) is 14.2. The van der Waals surface area contributed by atoms with Crippen LogP contribution in [0.3, 0.4) is 0 Å². The third-order valence-electron chi connectivity index (χ3n) is 6.00. The van der Waals surface area contributed by atoms with Crippen molar-refractivity contribution >= 4 is 39.8 Å². The summed E-state index contributed by atoms with van der Waals surface area (Å²) in [6.45, 7) is 3.16. The van der Waals surface area contributed by atoms with E-state index in [2.05, 4.69) is 15.3 Å². The topological polar surface area (TPSA) is 92.1 Å². The second-order valence-electron chi connectivity index (χ2n) is 8.31. The van der Waals surface area contributed by atoms with Gasteiger partial charge in [-0.3, -0.25) is 9.69 Å². The molecule has 0 bridgehead atoms. The van der Waals surface area contributed by atoms with E-state index in [4.69, 9.17) is 9.72 Å². The van der Waals surface area contributed by atoms with Crippen LogP contribution in [0, 0.1) is 0 Å². The van der Waals surface area contributed by atoms with E-state index in [1.807, 2.05) is 59.7 Å². The van der Waals surface area contributed by atoms with Crippen molar-refractivity contribution < 1.29 is 9.53 Å². The Balaban J connectivity index is 1.23. The van der Waals surface area contributed by atoms with Crippen LogP contribution in [0.25, 0.3) is 15.5 Å². The minimum atomic E-state index is -0.210. The van der Waals surface area contributed by atoms with Crippen LogP contribution in [0.15, 0.2) is 64.3 Å². The SMILES string of the molecule is COc1ccccc1-c1nn2c(=O)cc(CN3CCN(C(=O)Nc4cccc(SC)c4)CC3)nc2s1. The Morgan fingerprint density at radius 3 is 2.69 bits per heavy atom. The van der Waals surface area contributed by atoms with Crippen molar-refractivity contribution in [1.29, 1.82) is 0 Å². The highest BCUT2D eigenvalue weighted by atomic mass is 32.2. The van der Waals surface area contributed by atoms with Crippen LogP contribution in [0.4, 0.5) is 10.5 Å². The van der Waals surface area contributed by atoms with Crippen molar-refractivity contribution in [1.82, 2.24) is 24.4 Å². The van der Waals surface area contributed by atoms with Crippen LogP contribution in [0.1, 0.15) is 5.69 Å². The molecule has 1 N–H and O–H groups in total. The average Bonchev–Trinajstić information content (AvgIpc) is 3.34. The molecule has 0 spiro atoms. The molecule has 11 heteroatoms. The molecule has 2 aromatic heterocycles. The smallest absolute Gasteiger partial charge is 0.321 e. The van der Waals surface area contributed by atoms with E-state index in [9.17, 15) is 9.59 Å². The predicted molar refractivity (Wildman–Crippen MR) is 143 cm³/mol. The summed E-state index contributed by atoms with van der Waals surface area (Å²) in [6, 6.07) is 16.8. The molecule has 186 valence electrons. The molecule has 0 saturated carbocycles. The van der Waals surface area contributed by atoms with E-state index in [1.54, 1.807) is 18.9 Å². The van der Waals surface area contributed by atoms with Gasteiger partial charge < -0.3 is 15.0 Å². The van der Waals surface area contributed by atoms with E-state index in [-0.39, 0.29) is 11.6 Å². The number of methoxy groups -OCH3 is 1. The van der Waals surface area contributed by atoms with Crippen molar-refractivity contribution in [2.75, 3.05) is 44.9 Å². The van der Waals surface area contributed by atoms with Crippen LogP contribution in [0.5, 0.6) is 5.75 Å². The monoisotopic (exact) mass is 522 g/mol. The van der Waals surface area contributed by atoms with Gasteiger partial charge in [-0.15, -0.1) is 11.8 Å². The number of urea groups is 1. The number of nitrogens with one attached hydrogen (secondary N) is 1. The molecular formula is C25H26N6O3S2. The van der Waals surface area contributed by atoms with Gasteiger partial charge in [-0.1, -0.05) is 29.5 Å². The van der Waals surface area contributed by atoms with Crippen LogP contribution in [0.2, 0.25) is 0 Å². The standard InChI is InChI=1S/C25H26N6O3S2/c1-34-21-9-4-3-8-20(21)23-28-31-22(32)15-18(27-25(31)36-23)16-29-10-12-30(13-11-29)24(33)26-17-6-5-7-19(14-17)35-2/h3-9,14-15H,10-13,16H2,1-2H3,(H,26,33). The van der Waals surface area contributed by atoms with Crippen LogP contribution >= 0.6 is 23.1 Å². The third-order valence-corrected chi connectivity index (χ3v) is 7.67. The number of aromatic nitrogens is 3. The number of piperazine rings is 1. The first-order valence-electron chi connectivity index (χ1n) is 11.5. The molecule has 9 nitrogen and oxygen atoms in total. The van der Waals surface area contributed by atoms with Gasteiger partial charge in [-0.2, -0.15) is 9.61 Å². The van der Waals surface area contributed by atoms with Crippen molar-refractivity contribution in [3.63, 3.8) is 0 Å². The minimum absolute atomic E-state index is 0.0979. The van der Waals surface area contributed by atoms with Gasteiger partial charge in [0, 0.05) is 49.4 Å². The summed E-state index contributed by atoms with van der Waals surface area (Å²) < 4.78 is 6.78. The molecule has 3 heterocycles. The summed E-state index contributed by atoms with van der Waals surface area (Å²) in [4.78, 5) is 35.8. The second-order valence-corrected chi connectivity index (χ2v) is 10.1. The summed E-state index contributed by atoms with van der Waals surface area (Å²) in [6.07, 6.45) is 2.01. The third kappa shape index (κ3) is 5.23. The molecule has 1 saturated heterocycles. The lowest BCUT2D eigenvalue weighted by atomic mass is 10.2. The fourth-order valence-electron chi connectivity index (χ4n) is 4.11. The van der Waals surface area contributed by atoms with E-state index >= 15 is 0 Å². The number of anilines is 1. The number of carbonyl (C=O) groups is 1. The largest absolute Gasteiger partial charge is 0.496 e. The summed E-state index contributed by atoms with van der Waals surface area (Å²) in [7, 11) is 1.61. The zero-order valence-electron chi connectivity index (χ0n) is 20.0. The van der Waals surface area contributed by atoms with Gasteiger partial charge in [-0.25, -0.2) is 9.78 Å². The van der Waals surface area contributed by atoms with Crippen molar-refractivity contribution in [3.8, 4) is 16.3 Å². The average molecular weight is 523 g/mol. The molecular weight excluding hydrogens is 496 g/mol. The molecule has 2 amide bonds. The van der Waals surface area contributed by atoms with E-state index in [0.717, 1.165) is 16.1 Å². The number of hydrogen-bond acceptors (Lipinski definition) is 8. The van der Waals surface area contributed by atoms with E-state index < -0.39 is 0 Å². The van der Waals surface area contributed by atoms with Crippen molar-refractivity contribution in [2.45, 2.75) is 11.4 Å². The molecule has 4 aromatic rings. The molecule has 2 aromatic carbocycles. The molecule has 0 aliphatic carbocycles. The number of para-hydroxylation sites is 1. The Morgan fingerprint density at radius 1 is 1.11 bits per heavy atom. The first-order valence-corrected chi connectivity index (χ1v) is 13.5. The molecule has 1 aliphatic heterocycles. The van der Waals surface area contributed by atoms with Gasteiger partial charge in [0.2, 0.25) is 4.96 Å². The summed E-state index contributed by atoms with van der Waals surface area (Å²) >= 11 is 3.00. The number of nitrogens with zero attached hydrogens (tertiary/aromatic N) is 5. The van der Waals surface area contributed by atoms with Gasteiger partial charge in [0.1, 0.15) is 5.75 Å². The van der Waals surface area contributed by atoms with Crippen molar-refractivity contribution in [3.05, 3.63) is 70.6 Å². The molecule has 0 atom stereocenters. The van der Waals surface area contributed by atoms with E-state index in [0.29, 0.717) is 54.1 Å². The number of fused-ring (bicyclic) bond motifs is 1. The highest BCUT2D eigenvalue weighted by Gasteiger charge is 2.22. The Labute approximate surface area is 216 Å². The summed E-state index contributed by atoms with van der Waals surface area (Å²) in [5, 5.41) is 8.13. The number of hydrogen-bond donors (Lipinski definition) is 1. The molecule has 36 heavy (non-hydrogen) atoms. The van der Waals surface area contributed by atoms with Crippen LogP contribution in [-0.4, -0.2) is 70.0 Å². The maximum Gasteiger partial charge on any atom is 0.321 e. The number of ether oxygens (including phenoxy) is 1. The lowest BCUT2D eigenvalue weighted by Gasteiger charge is -2.34. The lowest BCUT2D eigenvalue weighted by molar-refractivity contribution is 0.142. The van der Waals surface area contributed by atoms with Crippen molar-refractivity contribution in [2.24, 2.45) is 0 Å². The molecule has 1 aliphatic rings. The number of thioether (sulfide) groups is 1. The second kappa shape index (κ2) is 10.7. The Morgan fingerprint density at radius 2 is 1.92 bits per heavy atom. The number of carbonyl (C=O) groups excluding carboxylic acids is 1. The number of benzene rings is 2. The quantitative estimate of drug-likeness (QED) is 0.384. The maximum atomic E-state index is 12.8. The Bertz CT molecular complexity index is 1450. The van der Waals surface area contributed by atoms with E-state index in [1.165, 1.54) is 21.9 Å². The molecule has 0 unspecified atom stereocenters. The Hall–Kier alpha value is -3.41. The summed E-state index contributed by atoms with van der Waals surface area (Å²) in [5.41, 5.74) is 2.11. The highest BCUT2D eigenvalue weighted by Crippen LogP contribution is 2.32.